The number of rotatable bonds is 9. The molecule has 3 heterocycles. The normalized spacial score (nSPS) is 13.3. The van der Waals surface area contributed by atoms with Crippen LogP contribution in [0.1, 0.15) is 26.7 Å². The standard InChI is InChI=1S/C31H31Cl2F2N7O4/c1-18-23(16-37-42(18)12-13-46-3)20-6-7-22(28(35)27(20)34)25-17-36-29(39(25)2)30(44)38-19-4-5-21(24(33)14-19)31(45)41-10-8-40(9-11-41)26(43)15-32/h4-7,14,16-17H,8-13,15H2,1-3H3,(H,38,44). The number of ether oxygens (including phenoxy) is 1. The van der Waals surface area contributed by atoms with Gasteiger partial charge in [0, 0.05) is 68.4 Å². The number of imidazole rings is 1. The number of hydrogen-bond acceptors (Lipinski definition) is 6. The summed E-state index contributed by atoms with van der Waals surface area (Å²) in [5, 5.41) is 7.05. The van der Waals surface area contributed by atoms with Gasteiger partial charge in [-0.1, -0.05) is 17.7 Å². The molecule has 46 heavy (non-hydrogen) atoms. The summed E-state index contributed by atoms with van der Waals surface area (Å²) in [5.74, 6) is -3.42. The quantitative estimate of drug-likeness (QED) is 0.260. The van der Waals surface area contributed by atoms with Gasteiger partial charge in [0.25, 0.3) is 11.8 Å². The third kappa shape index (κ3) is 6.48. The van der Waals surface area contributed by atoms with Crippen LogP contribution >= 0.6 is 23.2 Å². The molecule has 0 atom stereocenters. The van der Waals surface area contributed by atoms with Crippen LogP contribution in [0.3, 0.4) is 0 Å². The van der Waals surface area contributed by atoms with Crippen molar-refractivity contribution in [2.75, 3.05) is 51.1 Å². The van der Waals surface area contributed by atoms with Crippen molar-refractivity contribution in [2.45, 2.75) is 13.5 Å². The molecule has 0 saturated carbocycles. The highest BCUT2D eigenvalue weighted by atomic mass is 35.5. The van der Waals surface area contributed by atoms with E-state index in [4.69, 9.17) is 27.9 Å². The van der Waals surface area contributed by atoms with Crippen molar-refractivity contribution in [3.05, 3.63) is 76.5 Å². The van der Waals surface area contributed by atoms with Gasteiger partial charge in [-0.3, -0.25) is 19.1 Å². The number of piperazine rings is 1. The fraction of sp³-hybridized carbons (Fsp3) is 0.323. The Bertz CT molecular complexity index is 1800. The summed E-state index contributed by atoms with van der Waals surface area (Å²) < 4.78 is 38.9. The second-order valence-corrected chi connectivity index (χ2v) is 11.3. The highest BCUT2D eigenvalue weighted by molar-refractivity contribution is 6.34. The molecule has 4 aromatic rings. The molecule has 1 aliphatic rings. The fourth-order valence-electron chi connectivity index (χ4n) is 5.31. The number of alkyl halides is 1. The van der Waals surface area contributed by atoms with Gasteiger partial charge in [-0.05, 0) is 31.2 Å². The monoisotopic (exact) mass is 673 g/mol. The van der Waals surface area contributed by atoms with E-state index in [0.717, 1.165) is 0 Å². The first-order valence-electron chi connectivity index (χ1n) is 14.3. The Morgan fingerprint density at radius 3 is 2.33 bits per heavy atom. The molecular weight excluding hydrogens is 643 g/mol. The molecule has 2 aromatic carbocycles. The van der Waals surface area contributed by atoms with Crippen LogP contribution in [0.5, 0.6) is 0 Å². The van der Waals surface area contributed by atoms with E-state index in [2.05, 4.69) is 15.4 Å². The second-order valence-electron chi connectivity index (χ2n) is 10.6. The number of nitrogens with zero attached hydrogens (tertiary/aromatic N) is 6. The first kappa shape index (κ1) is 33.0. The van der Waals surface area contributed by atoms with Crippen molar-refractivity contribution >= 4 is 46.6 Å². The van der Waals surface area contributed by atoms with Crippen molar-refractivity contribution in [1.29, 1.82) is 0 Å². The number of carbonyl (C=O) groups is 3. The molecule has 2 aromatic heterocycles. The van der Waals surface area contributed by atoms with Crippen LogP contribution in [0.15, 0.2) is 42.7 Å². The fourth-order valence-corrected chi connectivity index (χ4v) is 5.74. The Labute approximate surface area is 273 Å². The molecular formula is C31H31Cl2F2N7O4. The summed E-state index contributed by atoms with van der Waals surface area (Å²) in [5.41, 5.74) is 1.85. The highest BCUT2D eigenvalue weighted by Gasteiger charge is 2.27. The van der Waals surface area contributed by atoms with Crippen LogP contribution in [0.25, 0.3) is 22.4 Å². The lowest BCUT2D eigenvalue weighted by atomic mass is 10.0. The van der Waals surface area contributed by atoms with Gasteiger partial charge in [0.2, 0.25) is 5.91 Å². The predicted octanol–water partition coefficient (Wildman–Crippen LogP) is 4.61. The molecule has 1 aliphatic heterocycles. The van der Waals surface area contributed by atoms with E-state index < -0.39 is 17.5 Å². The zero-order chi connectivity index (χ0) is 33.1. The number of nitrogens with one attached hydrogen (secondary N) is 1. The van der Waals surface area contributed by atoms with Gasteiger partial charge in [0.1, 0.15) is 5.88 Å². The number of amides is 3. The van der Waals surface area contributed by atoms with E-state index in [1.54, 1.807) is 28.5 Å². The van der Waals surface area contributed by atoms with Gasteiger partial charge >= 0.3 is 0 Å². The zero-order valence-corrected chi connectivity index (χ0v) is 26.8. The van der Waals surface area contributed by atoms with Crippen LogP contribution in [0.4, 0.5) is 14.5 Å². The zero-order valence-electron chi connectivity index (χ0n) is 25.3. The van der Waals surface area contributed by atoms with Crippen molar-refractivity contribution in [3.8, 4) is 22.4 Å². The van der Waals surface area contributed by atoms with Crippen LogP contribution in [0, 0.1) is 18.6 Å². The number of carbonyl (C=O) groups excluding carboxylic acids is 3. The largest absolute Gasteiger partial charge is 0.383 e. The van der Waals surface area contributed by atoms with Gasteiger partial charge in [0.05, 0.1) is 41.8 Å². The lowest BCUT2D eigenvalue weighted by Crippen LogP contribution is -2.51. The molecule has 11 nitrogen and oxygen atoms in total. The van der Waals surface area contributed by atoms with Gasteiger partial charge in [0.15, 0.2) is 17.5 Å². The van der Waals surface area contributed by atoms with Gasteiger partial charge in [-0.2, -0.15) is 5.10 Å². The van der Waals surface area contributed by atoms with Crippen LogP contribution < -0.4 is 5.32 Å². The topological polar surface area (TPSA) is 115 Å². The Morgan fingerprint density at radius 2 is 1.65 bits per heavy atom. The maximum atomic E-state index is 15.4. The van der Waals surface area contributed by atoms with Crippen molar-refractivity contribution < 1.29 is 27.9 Å². The number of anilines is 1. The SMILES string of the molecule is COCCn1ncc(-c2ccc(-c3cnc(C(=O)Nc4ccc(C(=O)N5CCN(C(=O)CCl)CC5)c(Cl)c4)n3C)c(F)c2F)c1C. The third-order valence-electron chi connectivity index (χ3n) is 7.94. The highest BCUT2D eigenvalue weighted by Crippen LogP contribution is 2.33. The molecule has 5 rings (SSSR count). The number of hydrogen-bond donors (Lipinski definition) is 1. The van der Waals surface area contributed by atoms with Crippen LogP contribution in [-0.4, -0.2) is 92.6 Å². The van der Waals surface area contributed by atoms with E-state index in [9.17, 15) is 14.4 Å². The Morgan fingerprint density at radius 1 is 0.978 bits per heavy atom. The summed E-state index contributed by atoms with van der Waals surface area (Å²) in [7, 11) is 3.08. The average Bonchev–Trinajstić information content (AvgIpc) is 3.62. The van der Waals surface area contributed by atoms with Crippen LogP contribution in [0.2, 0.25) is 5.02 Å². The maximum absolute atomic E-state index is 15.4. The molecule has 3 amide bonds. The molecule has 0 unspecified atom stereocenters. The Hall–Kier alpha value is -4.33. The molecule has 15 heteroatoms. The van der Waals surface area contributed by atoms with Crippen molar-refractivity contribution in [3.63, 3.8) is 0 Å². The number of halogens is 4. The minimum Gasteiger partial charge on any atom is -0.383 e. The second kappa shape index (κ2) is 14.0. The van der Waals surface area contributed by atoms with Gasteiger partial charge in [-0.25, -0.2) is 13.8 Å². The minimum absolute atomic E-state index is 0.0602. The van der Waals surface area contributed by atoms with E-state index in [0.29, 0.717) is 56.3 Å². The summed E-state index contributed by atoms with van der Waals surface area (Å²) in [6, 6.07) is 7.38. The third-order valence-corrected chi connectivity index (χ3v) is 8.48. The molecule has 242 valence electrons. The predicted molar refractivity (Wildman–Crippen MR) is 169 cm³/mol. The molecule has 0 bridgehead atoms. The maximum Gasteiger partial charge on any atom is 0.291 e. The lowest BCUT2D eigenvalue weighted by Gasteiger charge is -2.34. The average molecular weight is 675 g/mol. The van der Waals surface area contributed by atoms with Crippen molar-refractivity contribution in [1.82, 2.24) is 29.1 Å². The number of benzene rings is 2. The number of aromatic nitrogens is 4. The molecule has 0 spiro atoms. The summed E-state index contributed by atoms with van der Waals surface area (Å²) >= 11 is 12.0. The first-order valence-corrected chi connectivity index (χ1v) is 15.2. The van der Waals surface area contributed by atoms with Gasteiger partial charge < -0.3 is 24.4 Å². The number of methoxy groups -OCH3 is 1. The molecule has 0 radical (unpaired) electrons. The molecule has 0 aliphatic carbocycles. The van der Waals surface area contributed by atoms with Gasteiger partial charge in [-0.15, -0.1) is 11.6 Å². The lowest BCUT2D eigenvalue weighted by molar-refractivity contribution is -0.129. The first-order chi connectivity index (χ1) is 22.0. The van der Waals surface area contributed by atoms with Crippen LogP contribution in [-0.2, 0) is 23.1 Å². The minimum atomic E-state index is -1.09. The Kier molecular flexibility index (Phi) is 10.0. The van der Waals surface area contributed by atoms with Crippen molar-refractivity contribution in [2.24, 2.45) is 7.05 Å². The van der Waals surface area contributed by atoms with E-state index in [-0.39, 0.29) is 50.9 Å². The van der Waals surface area contributed by atoms with E-state index in [1.165, 1.54) is 54.3 Å². The summed E-state index contributed by atoms with van der Waals surface area (Å²) in [4.78, 5) is 45.3. The molecule has 1 N–H and O–H groups in total. The van der Waals surface area contributed by atoms with E-state index >= 15 is 8.78 Å². The smallest absolute Gasteiger partial charge is 0.291 e. The molecule has 1 saturated heterocycles. The van der Waals surface area contributed by atoms with E-state index in [1.807, 2.05) is 0 Å². The Balaban J connectivity index is 1.29. The summed E-state index contributed by atoms with van der Waals surface area (Å²) in [6.45, 7) is 4.07. The summed E-state index contributed by atoms with van der Waals surface area (Å²) in [6.07, 6.45) is 2.77. The molecule has 1 fully saturated rings.